The first-order valence-electron chi connectivity index (χ1n) is 9.28. The number of ketones is 1. The number of carbonyl (C=O) groups is 1. The number of nitrogens with two attached hydrogens (primary N) is 2. The van der Waals surface area contributed by atoms with Crippen LogP contribution in [0.25, 0.3) is 0 Å². The van der Waals surface area contributed by atoms with Gasteiger partial charge in [-0.1, -0.05) is 24.0 Å². The number of hydrogen-bond donors (Lipinski definition) is 2. The molecule has 0 fully saturated rings. The molecule has 1 heterocycles. The van der Waals surface area contributed by atoms with Gasteiger partial charge < -0.3 is 20.9 Å². The van der Waals surface area contributed by atoms with Crippen molar-refractivity contribution < 1.29 is 14.3 Å². The number of ether oxygens (including phenoxy) is 2. The number of aromatic nitrogens is 2. The van der Waals surface area contributed by atoms with Crippen molar-refractivity contribution in [3.8, 4) is 23.3 Å². The number of nitrogens with zero attached hydrogens (tertiary/aromatic N) is 2. The molecule has 0 unspecified atom stereocenters. The fourth-order valence-electron chi connectivity index (χ4n) is 2.96. The van der Waals surface area contributed by atoms with Crippen LogP contribution in [0.3, 0.4) is 0 Å². The zero-order valence-electron chi connectivity index (χ0n) is 17.1. The molecule has 0 amide bonds. The summed E-state index contributed by atoms with van der Waals surface area (Å²) in [7, 11) is 3.12. The molecule has 4 N–H and O–H groups in total. The van der Waals surface area contributed by atoms with E-state index in [9.17, 15) is 4.79 Å². The molecule has 0 radical (unpaired) electrons. The first kappa shape index (κ1) is 21.9. The third kappa shape index (κ3) is 5.24. The van der Waals surface area contributed by atoms with Gasteiger partial charge in [-0.2, -0.15) is 4.98 Å². The van der Waals surface area contributed by atoms with Gasteiger partial charge in [0.25, 0.3) is 0 Å². The topological polar surface area (TPSA) is 113 Å². The summed E-state index contributed by atoms with van der Waals surface area (Å²) in [6.07, 6.45) is 2.07. The van der Waals surface area contributed by atoms with Crippen LogP contribution < -0.4 is 20.9 Å². The summed E-state index contributed by atoms with van der Waals surface area (Å²) >= 11 is 5.59. The lowest BCUT2D eigenvalue weighted by Gasteiger charge is -2.13. The maximum atomic E-state index is 11.7. The van der Waals surface area contributed by atoms with Crippen molar-refractivity contribution in [2.45, 2.75) is 6.42 Å². The normalized spacial score (nSPS) is 10.2. The monoisotopic (exact) mass is 436 g/mol. The summed E-state index contributed by atoms with van der Waals surface area (Å²) in [6.45, 7) is 0. The van der Waals surface area contributed by atoms with E-state index in [0.29, 0.717) is 34.9 Å². The summed E-state index contributed by atoms with van der Waals surface area (Å²) in [5, 5.41) is 0. The Morgan fingerprint density at radius 1 is 1.10 bits per heavy atom. The van der Waals surface area contributed by atoms with Crippen molar-refractivity contribution in [2.75, 3.05) is 31.6 Å². The highest BCUT2D eigenvalue weighted by atomic mass is 35.5. The number of benzene rings is 2. The van der Waals surface area contributed by atoms with Gasteiger partial charge in [0.05, 0.1) is 25.7 Å². The molecule has 3 rings (SSSR count). The van der Waals surface area contributed by atoms with E-state index in [1.165, 1.54) is 0 Å². The van der Waals surface area contributed by atoms with Crippen LogP contribution in [0.2, 0.25) is 0 Å². The van der Waals surface area contributed by atoms with Gasteiger partial charge in [-0.25, -0.2) is 4.98 Å². The minimum absolute atomic E-state index is 0.0572. The van der Waals surface area contributed by atoms with Crippen LogP contribution in [-0.2, 0) is 6.42 Å². The Morgan fingerprint density at radius 2 is 1.84 bits per heavy atom. The summed E-state index contributed by atoms with van der Waals surface area (Å²) in [6, 6.07) is 10.7. The molecule has 0 aliphatic carbocycles. The summed E-state index contributed by atoms with van der Waals surface area (Å²) in [4.78, 5) is 19.7. The van der Waals surface area contributed by atoms with Gasteiger partial charge in [0.1, 0.15) is 5.82 Å². The van der Waals surface area contributed by atoms with Crippen molar-refractivity contribution in [3.63, 3.8) is 0 Å². The van der Waals surface area contributed by atoms with E-state index in [-0.39, 0.29) is 17.6 Å². The van der Waals surface area contributed by atoms with Crippen LogP contribution in [0.1, 0.15) is 32.6 Å². The number of nitrogen functional groups attached to an aromatic ring is 2. The number of hydrogen-bond acceptors (Lipinski definition) is 7. The molecule has 3 aromatic rings. The number of halogens is 1. The highest BCUT2D eigenvalue weighted by Crippen LogP contribution is 2.33. The number of carbonyl (C=O) groups excluding carboxylic acids is 1. The van der Waals surface area contributed by atoms with Crippen LogP contribution in [0, 0.1) is 11.8 Å². The van der Waals surface area contributed by atoms with Crippen molar-refractivity contribution in [1.29, 1.82) is 0 Å². The smallest absolute Gasteiger partial charge is 0.221 e. The molecule has 0 saturated heterocycles. The van der Waals surface area contributed by atoms with Gasteiger partial charge in [0, 0.05) is 29.3 Å². The second-order valence-electron chi connectivity index (χ2n) is 6.58. The van der Waals surface area contributed by atoms with E-state index >= 15 is 0 Å². The maximum Gasteiger partial charge on any atom is 0.221 e. The SMILES string of the molecule is COc1cc(Cc2cnc(N)nc2N)cc(C#Cc2ccc(C(=O)CCl)cc2)c1OC. The molecule has 0 atom stereocenters. The van der Waals surface area contributed by atoms with E-state index in [1.54, 1.807) is 44.7 Å². The first-order valence-corrected chi connectivity index (χ1v) is 9.81. The Kier molecular flexibility index (Phi) is 6.96. The first-order chi connectivity index (χ1) is 14.9. The molecule has 0 aliphatic heterocycles. The molecule has 1 aromatic heterocycles. The largest absolute Gasteiger partial charge is 0.493 e. The Balaban J connectivity index is 1.96. The lowest BCUT2D eigenvalue weighted by atomic mass is 10.0. The fourth-order valence-corrected chi connectivity index (χ4v) is 3.12. The molecule has 0 aliphatic rings. The molecular weight excluding hydrogens is 416 g/mol. The minimum atomic E-state index is -0.133. The number of anilines is 2. The van der Waals surface area contributed by atoms with Crippen molar-refractivity contribution >= 4 is 29.2 Å². The predicted octanol–water partition coefficient (Wildman–Crippen LogP) is 3.07. The molecule has 158 valence electrons. The van der Waals surface area contributed by atoms with E-state index in [2.05, 4.69) is 21.8 Å². The van der Waals surface area contributed by atoms with Crippen LogP contribution in [-0.4, -0.2) is 35.9 Å². The van der Waals surface area contributed by atoms with Gasteiger partial charge in [0.2, 0.25) is 5.95 Å². The Bertz CT molecular complexity index is 1170. The average Bonchev–Trinajstić information content (AvgIpc) is 2.78. The molecule has 2 aromatic carbocycles. The standard InChI is InChI=1S/C23H21ClN4O3/c1-30-20-11-15(10-18-13-27-23(26)28-22(18)25)9-17(21(20)31-2)8-5-14-3-6-16(7-4-14)19(29)12-24/h3-4,6-7,9,11,13H,10,12H2,1-2H3,(H4,25,26,27,28). The molecule has 8 heteroatoms. The van der Waals surface area contributed by atoms with E-state index < -0.39 is 0 Å². The summed E-state index contributed by atoms with van der Waals surface area (Å²) in [5.41, 5.74) is 15.1. The second-order valence-corrected chi connectivity index (χ2v) is 6.85. The predicted molar refractivity (Wildman–Crippen MR) is 121 cm³/mol. The highest BCUT2D eigenvalue weighted by Gasteiger charge is 2.13. The van der Waals surface area contributed by atoms with Gasteiger partial charge in [0.15, 0.2) is 17.3 Å². The van der Waals surface area contributed by atoms with Gasteiger partial charge >= 0.3 is 0 Å². The lowest BCUT2D eigenvalue weighted by molar-refractivity contribution is 0.102. The number of Topliss-reactive ketones (excluding diaryl/α,β-unsaturated/α-hetero) is 1. The number of methoxy groups -OCH3 is 2. The van der Waals surface area contributed by atoms with E-state index in [1.807, 2.05) is 12.1 Å². The van der Waals surface area contributed by atoms with Crippen LogP contribution in [0.5, 0.6) is 11.5 Å². The fraction of sp³-hybridized carbons (Fsp3) is 0.174. The Hall–Kier alpha value is -3.76. The van der Waals surface area contributed by atoms with Gasteiger partial charge in [-0.3, -0.25) is 4.79 Å². The van der Waals surface area contributed by atoms with Crippen molar-refractivity contribution in [3.05, 3.63) is 70.4 Å². The van der Waals surface area contributed by atoms with Crippen molar-refractivity contribution in [1.82, 2.24) is 9.97 Å². The van der Waals surface area contributed by atoms with E-state index in [0.717, 1.165) is 16.7 Å². The second kappa shape index (κ2) is 9.83. The van der Waals surface area contributed by atoms with E-state index in [4.69, 9.17) is 32.5 Å². The van der Waals surface area contributed by atoms with Crippen LogP contribution >= 0.6 is 11.6 Å². The molecule has 0 spiro atoms. The average molecular weight is 437 g/mol. The third-order valence-electron chi connectivity index (χ3n) is 4.52. The quantitative estimate of drug-likeness (QED) is 0.346. The summed E-state index contributed by atoms with van der Waals surface area (Å²) < 4.78 is 11.0. The molecule has 31 heavy (non-hydrogen) atoms. The number of rotatable bonds is 6. The van der Waals surface area contributed by atoms with Crippen LogP contribution in [0.4, 0.5) is 11.8 Å². The minimum Gasteiger partial charge on any atom is -0.493 e. The molecular formula is C23H21ClN4O3. The maximum absolute atomic E-state index is 11.7. The lowest BCUT2D eigenvalue weighted by Crippen LogP contribution is -2.04. The number of alkyl halides is 1. The zero-order valence-corrected chi connectivity index (χ0v) is 17.9. The highest BCUT2D eigenvalue weighted by molar-refractivity contribution is 6.30. The Labute approximate surface area is 185 Å². The van der Waals surface area contributed by atoms with Gasteiger partial charge in [-0.15, -0.1) is 11.6 Å². The van der Waals surface area contributed by atoms with Gasteiger partial charge in [-0.05, 0) is 29.8 Å². The third-order valence-corrected chi connectivity index (χ3v) is 4.76. The Morgan fingerprint density at radius 3 is 2.45 bits per heavy atom. The van der Waals surface area contributed by atoms with Crippen molar-refractivity contribution in [2.24, 2.45) is 0 Å². The summed E-state index contributed by atoms with van der Waals surface area (Å²) in [5.74, 6) is 7.53. The van der Waals surface area contributed by atoms with Crippen LogP contribution in [0.15, 0.2) is 42.6 Å². The molecule has 7 nitrogen and oxygen atoms in total. The molecule has 0 bridgehead atoms. The molecule has 0 saturated carbocycles. The zero-order chi connectivity index (χ0) is 22.4.